The van der Waals surface area contributed by atoms with Crippen molar-refractivity contribution in [1.82, 2.24) is 0 Å². The first kappa shape index (κ1) is 12.0. The van der Waals surface area contributed by atoms with Crippen LogP contribution >= 0.6 is 0 Å². The van der Waals surface area contributed by atoms with Gasteiger partial charge in [-0.2, -0.15) is 0 Å². The molecular formula is C14H20O. The van der Waals surface area contributed by atoms with Crippen molar-refractivity contribution in [2.45, 2.75) is 26.7 Å². The van der Waals surface area contributed by atoms with Crippen molar-refractivity contribution in [1.29, 1.82) is 0 Å². The molecule has 15 heavy (non-hydrogen) atoms. The Morgan fingerprint density at radius 1 is 1.27 bits per heavy atom. The van der Waals surface area contributed by atoms with Crippen LogP contribution in [0.15, 0.2) is 30.3 Å². The molecule has 0 bridgehead atoms. The van der Waals surface area contributed by atoms with Crippen LogP contribution in [0.25, 0.3) is 6.08 Å². The highest BCUT2D eigenvalue weighted by Crippen LogP contribution is 2.12. The molecule has 0 spiro atoms. The summed E-state index contributed by atoms with van der Waals surface area (Å²) in [7, 11) is 0. The van der Waals surface area contributed by atoms with Crippen molar-refractivity contribution in [2.24, 2.45) is 5.92 Å². The molecule has 0 radical (unpaired) electrons. The molecule has 0 unspecified atom stereocenters. The van der Waals surface area contributed by atoms with Gasteiger partial charge in [0.05, 0.1) is 0 Å². The molecule has 0 aliphatic heterocycles. The predicted molar refractivity (Wildman–Crippen MR) is 65.7 cm³/mol. The van der Waals surface area contributed by atoms with Crippen LogP contribution in [-0.2, 0) is 0 Å². The molecule has 1 nitrogen and oxygen atoms in total. The molecule has 0 saturated heterocycles. The Kier molecular flexibility index (Phi) is 5.13. The zero-order chi connectivity index (χ0) is 11.1. The van der Waals surface area contributed by atoms with Crippen LogP contribution in [0.3, 0.4) is 0 Å². The maximum Gasteiger partial charge on any atom is 0.0436 e. The van der Waals surface area contributed by atoms with E-state index in [2.05, 4.69) is 50.3 Å². The minimum Gasteiger partial charge on any atom is -0.396 e. The Balaban J connectivity index is 2.59. The summed E-state index contributed by atoms with van der Waals surface area (Å²) in [5, 5.41) is 8.87. The van der Waals surface area contributed by atoms with Crippen molar-refractivity contribution in [3.63, 3.8) is 0 Å². The number of hydrogen-bond acceptors (Lipinski definition) is 1. The van der Waals surface area contributed by atoms with Crippen LogP contribution in [0.2, 0.25) is 0 Å². The minimum atomic E-state index is 0.275. The molecule has 0 aliphatic carbocycles. The average Bonchev–Trinajstić information content (AvgIpc) is 2.26. The van der Waals surface area contributed by atoms with Crippen molar-refractivity contribution >= 4 is 6.08 Å². The molecule has 0 aromatic heterocycles. The van der Waals surface area contributed by atoms with E-state index in [4.69, 9.17) is 5.11 Å². The largest absolute Gasteiger partial charge is 0.396 e. The van der Waals surface area contributed by atoms with Crippen LogP contribution in [0.1, 0.15) is 30.9 Å². The minimum absolute atomic E-state index is 0.275. The summed E-state index contributed by atoms with van der Waals surface area (Å²) >= 11 is 0. The highest BCUT2D eigenvalue weighted by Gasteiger charge is 1.99. The lowest BCUT2D eigenvalue weighted by Gasteiger charge is -2.06. The first-order valence-electron chi connectivity index (χ1n) is 5.62. The average molecular weight is 204 g/mol. The van der Waals surface area contributed by atoms with Gasteiger partial charge < -0.3 is 5.11 Å². The zero-order valence-electron chi connectivity index (χ0n) is 9.61. The van der Waals surface area contributed by atoms with Gasteiger partial charge in [0, 0.05) is 6.61 Å². The quantitative estimate of drug-likeness (QED) is 0.779. The van der Waals surface area contributed by atoms with Crippen LogP contribution in [0.4, 0.5) is 0 Å². The van der Waals surface area contributed by atoms with Gasteiger partial charge in [0.15, 0.2) is 0 Å². The van der Waals surface area contributed by atoms with E-state index in [0.29, 0.717) is 5.92 Å². The molecular weight excluding hydrogens is 184 g/mol. The van der Waals surface area contributed by atoms with E-state index in [1.807, 2.05) is 0 Å². The van der Waals surface area contributed by atoms with Gasteiger partial charge in [-0.1, -0.05) is 48.9 Å². The monoisotopic (exact) mass is 204 g/mol. The van der Waals surface area contributed by atoms with Crippen LogP contribution in [0.5, 0.6) is 0 Å². The van der Waals surface area contributed by atoms with Gasteiger partial charge in [0.1, 0.15) is 0 Å². The fourth-order valence-electron chi connectivity index (χ4n) is 1.53. The van der Waals surface area contributed by atoms with Gasteiger partial charge >= 0.3 is 0 Å². The van der Waals surface area contributed by atoms with Crippen molar-refractivity contribution in [2.75, 3.05) is 6.61 Å². The second-order valence-electron chi connectivity index (χ2n) is 3.95. The maximum absolute atomic E-state index is 8.87. The number of rotatable bonds is 5. The summed E-state index contributed by atoms with van der Waals surface area (Å²) in [5.74, 6) is 0.497. The summed E-state index contributed by atoms with van der Waals surface area (Å²) in [6.45, 7) is 4.52. The Labute approximate surface area is 92.5 Å². The molecule has 0 fully saturated rings. The molecule has 1 aromatic carbocycles. The lowest BCUT2D eigenvalue weighted by Crippen LogP contribution is -1.97. The van der Waals surface area contributed by atoms with Gasteiger partial charge in [0.25, 0.3) is 0 Å². The number of aliphatic hydroxyl groups excluding tert-OH is 1. The highest BCUT2D eigenvalue weighted by atomic mass is 16.3. The molecule has 0 heterocycles. The number of hydrogen-bond donors (Lipinski definition) is 1. The fraction of sp³-hybridized carbons (Fsp3) is 0.429. The first-order valence-corrected chi connectivity index (χ1v) is 5.62. The third-order valence-corrected chi connectivity index (χ3v) is 2.66. The molecule has 1 N–H and O–H groups in total. The van der Waals surface area contributed by atoms with Crippen LogP contribution < -0.4 is 0 Å². The Hall–Kier alpha value is -1.08. The second-order valence-corrected chi connectivity index (χ2v) is 3.95. The number of benzene rings is 1. The summed E-state index contributed by atoms with van der Waals surface area (Å²) in [5.41, 5.74) is 2.52. The molecule has 1 aromatic rings. The van der Waals surface area contributed by atoms with E-state index >= 15 is 0 Å². The van der Waals surface area contributed by atoms with Crippen molar-refractivity contribution < 1.29 is 5.11 Å². The van der Waals surface area contributed by atoms with Gasteiger partial charge in [-0.05, 0) is 31.2 Å². The van der Waals surface area contributed by atoms with E-state index in [-0.39, 0.29) is 6.61 Å². The molecule has 0 aliphatic rings. The Bertz CT molecular complexity index is 298. The van der Waals surface area contributed by atoms with Gasteiger partial charge in [-0.25, -0.2) is 0 Å². The predicted octanol–water partition coefficient (Wildman–Crippen LogP) is 3.42. The summed E-state index contributed by atoms with van der Waals surface area (Å²) in [6.07, 6.45) is 6.28. The molecule has 0 amide bonds. The first-order chi connectivity index (χ1) is 7.26. The van der Waals surface area contributed by atoms with Crippen LogP contribution in [-0.4, -0.2) is 11.7 Å². The van der Waals surface area contributed by atoms with Crippen molar-refractivity contribution in [3.8, 4) is 0 Å². The number of aryl methyl sites for hydroxylation is 1. The van der Waals surface area contributed by atoms with Crippen LogP contribution in [0, 0.1) is 12.8 Å². The van der Waals surface area contributed by atoms with Gasteiger partial charge in [-0.15, -0.1) is 0 Å². The third-order valence-electron chi connectivity index (χ3n) is 2.66. The topological polar surface area (TPSA) is 20.2 Å². The lowest BCUT2D eigenvalue weighted by molar-refractivity contribution is 0.268. The van der Waals surface area contributed by atoms with Gasteiger partial charge in [-0.3, -0.25) is 0 Å². The standard InChI is InChI=1S/C14H20O/c1-3-13(10-11-15)8-9-14-6-4-12(2)5-7-14/h4-9,13,15H,3,10-11H2,1-2H3/b9-8+/t13-/m0/s1. The van der Waals surface area contributed by atoms with E-state index in [1.165, 1.54) is 11.1 Å². The summed E-state index contributed by atoms with van der Waals surface area (Å²) in [6, 6.07) is 8.48. The molecule has 0 saturated carbocycles. The number of allylic oxidation sites excluding steroid dienone is 1. The molecule has 82 valence electrons. The molecule has 1 heteroatoms. The van der Waals surface area contributed by atoms with E-state index in [0.717, 1.165) is 12.8 Å². The van der Waals surface area contributed by atoms with Crippen molar-refractivity contribution in [3.05, 3.63) is 41.5 Å². The summed E-state index contributed by atoms with van der Waals surface area (Å²) < 4.78 is 0. The van der Waals surface area contributed by atoms with Gasteiger partial charge in [0.2, 0.25) is 0 Å². The lowest BCUT2D eigenvalue weighted by atomic mass is 10.0. The Morgan fingerprint density at radius 3 is 2.47 bits per heavy atom. The zero-order valence-corrected chi connectivity index (χ0v) is 9.61. The normalized spacial score (nSPS) is 13.3. The van der Waals surface area contributed by atoms with E-state index in [9.17, 15) is 0 Å². The summed E-state index contributed by atoms with van der Waals surface area (Å²) in [4.78, 5) is 0. The highest BCUT2D eigenvalue weighted by molar-refractivity contribution is 5.49. The molecule has 1 atom stereocenters. The second kappa shape index (κ2) is 6.41. The fourth-order valence-corrected chi connectivity index (χ4v) is 1.53. The number of aliphatic hydroxyl groups is 1. The maximum atomic E-state index is 8.87. The third kappa shape index (κ3) is 4.30. The van der Waals surface area contributed by atoms with E-state index < -0.39 is 0 Å². The smallest absolute Gasteiger partial charge is 0.0436 e. The molecule has 1 rings (SSSR count). The Morgan fingerprint density at radius 2 is 1.93 bits per heavy atom. The van der Waals surface area contributed by atoms with E-state index in [1.54, 1.807) is 0 Å². The SMILES string of the molecule is CC[C@@H](/C=C/c1ccc(C)cc1)CCO.